The molecule has 0 aliphatic rings. The summed E-state index contributed by atoms with van der Waals surface area (Å²) in [6.45, 7) is 0. The van der Waals surface area contributed by atoms with Gasteiger partial charge in [-0.05, 0) is 49.3 Å². The molecule has 0 bridgehead atoms. The van der Waals surface area contributed by atoms with Gasteiger partial charge < -0.3 is 0 Å². The minimum atomic E-state index is 0.845. The molecule has 0 radical (unpaired) electrons. The van der Waals surface area contributed by atoms with Crippen LogP contribution in [-0.2, 0) is 10.7 Å². The smallest absolute Gasteiger partial charge is 0.0332 e. The summed E-state index contributed by atoms with van der Waals surface area (Å²) in [6.07, 6.45) is 0. The maximum Gasteiger partial charge on any atom is 0.0332 e. The van der Waals surface area contributed by atoms with Gasteiger partial charge in [-0.3, -0.25) is 0 Å². The van der Waals surface area contributed by atoms with Crippen molar-refractivity contribution in [2.24, 2.45) is 0 Å². The quantitative estimate of drug-likeness (QED) is 0.328. The Morgan fingerprint density at radius 3 is 1.35 bits per heavy atom. The Kier molecular flexibility index (Phi) is 5.73. The van der Waals surface area contributed by atoms with E-state index in [1.165, 1.54) is 33.4 Å². The maximum absolute atomic E-state index is 3.85. The summed E-state index contributed by atoms with van der Waals surface area (Å²) in [6, 6.07) is 23.5. The van der Waals surface area contributed by atoms with Gasteiger partial charge in [-0.1, -0.05) is 98.6 Å². The molecule has 0 aliphatic carbocycles. The van der Waals surface area contributed by atoms with Crippen LogP contribution < -0.4 is 0 Å². The molecular weight excluding hydrogens is 480 g/mol. The Labute approximate surface area is 162 Å². The largest absolute Gasteiger partial charge is 0.0876 e. The highest BCUT2D eigenvalue weighted by Gasteiger charge is 2.13. The molecule has 0 unspecified atom stereocenters. The van der Waals surface area contributed by atoms with Gasteiger partial charge in [-0.15, -0.1) is 0 Å². The van der Waals surface area contributed by atoms with Crippen LogP contribution in [0.25, 0.3) is 22.3 Å². The van der Waals surface area contributed by atoms with Crippen LogP contribution in [0.5, 0.6) is 0 Å². The van der Waals surface area contributed by atoms with Gasteiger partial charge in [0.15, 0.2) is 0 Å². The van der Waals surface area contributed by atoms with E-state index in [4.69, 9.17) is 0 Å². The fourth-order valence-corrected chi connectivity index (χ4v) is 4.42. The third-order valence-electron chi connectivity index (χ3n) is 3.90. The van der Waals surface area contributed by atoms with E-state index in [-0.39, 0.29) is 0 Å². The van der Waals surface area contributed by atoms with Crippen molar-refractivity contribution in [1.82, 2.24) is 0 Å². The Bertz CT molecular complexity index is 759. The number of alkyl halides is 2. The topological polar surface area (TPSA) is 0 Å². The molecule has 3 rings (SSSR count). The lowest BCUT2D eigenvalue weighted by molar-refractivity contribution is 1.40. The summed E-state index contributed by atoms with van der Waals surface area (Å²) >= 11 is 11.0. The summed E-state index contributed by atoms with van der Waals surface area (Å²) in [7, 11) is 0. The molecule has 0 saturated heterocycles. The van der Waals surface area contributed by atoms with Gasteiger partial charge in [0.1, 0.15) is 0 Å². The minimum absolute atomic E-state index is 0.845. The fourth-order valence-electron chi connectivity index (χ4n) is 2.75. The summed E-state index contributed by atoms with van der Waals surface area (Å²) in [4.78, 5) is 0. The first-order valence-electron chi connectivity index (χ1n) is 7.33. The number of hydrogen-bond acceptors (Lipinski definition) is 0. The zero-order valence-electron chi connectivity index (χ0n) is 12.4. The SMILES string of the molecule is BrCc1ccccc1-c1cccc(-c2ccccc2CBr)c1Br. The average Bonchev–Trinajstić information content (AvgIpc) is 2.62. The lowest BCUT2D eigenvalue weighted by atomic mass is 9.95. The molecule has 0 heterocycles. The lowest BCUT2D eigenvalue weighted by Crippen LogP contribution is -1.91. The average molecular weight is 495 g/mol. The first-order chi connectivity index (χ1) is 11.3. The van der Waals surface area contributed by atoms with Crippen LogP contribution >= 0.6 is 47.8 Å². The predicted molar refractivity (Wildman–Crippen MR) is 110 cm³/mol. The lowest BCUT2D eigenvalue weighted by Gasteiger charge is -2.15. The molecule has 0 N–H and O–H groups in total. The Hall–Kier alpha value is -0.900. The summed E-state index contributed by atoms with van der Waals surface area (Å²) in [5.41, 5.74) is 7.55. The van der Waals surface area contributed by atoms with Crippen molar-refractivity contribution >= 4 is 47.8 Å². The van der Waals surface area contributed by atoms with Crippen molar-refractivity contribution in [1.29, 1.82) is 0 Å². The Balaban J connectivity index is 2.20. The number of benzene rings is 3. The molecule has 0 atom stereocenters. The van der Waals surface area contributed by atoms with Gasteiger partial charge >= 0.3 is 0 Å². The Morgan fingerprint density at radius 1 is 0.522 bits per heavy atom. The van der Waals surface area contributed by atoms with Crippen molar-refractivity contribution < 1.29 is 0 Å². The van der Waals surface area contributed by atoms with E-state index >= 15 is 0 Å². The zero-order chi connectivity index (χ0) is 16.2. The highest BCUT2D eigenvalue weighted by Crippen LogP contribution is 2.39. The van der Waals surface area contributed by atoms with Crippen molar-refractivity contribution in [3.05, 3.63) is 82.3 Å². The van der Waals surface area contributed by atoms with Crippen molar-refractivity contribution in [3.63, 3.8) is 0 Å². The monoisotopic (exact) mass is 492 g/mol. The highest BCUT2D eigenvalue weighted by atomic mass is 79.9. The first kappa shape index (κ1) is 16.9. The van der Waals surface area contributed by atoms with E-state index in [9.17, 15) is 0 Å². The fraction of sp³-hybridized carbons (Fsp3) is 0.100. The standard InChI is InChI=1S/C20H15Br3/c21-12-14-6-1-3-8-16(14)18-10-5-11-19(20(18)23)17-9-4-2-7-15(17)13-22/h1-11H,12-13H2. The summed E-state index contributed by atoms with van der Waals surface area (Å²) in [5.74, 6) is 0. The van der Waals surface area contributed by atoms with Crippen LogP contribution in [-0.4, -0.2) is 0 Å². The highest BCUT2D eigenvalue weighted by molar-refractivity contribution is 9.10. The Morgan fingerprint density at radius 2 is 0.913 bits per heavy atom. The van der Waals surface area contributed by atoms with Crippen LogP contribution in [0.1, 0.15) is 11.1 Å². The van der Waals surface area contributed by atoms with E-state index in [1.807, 2.05) is 0 Å². The van der Waals surface area contributed by atoms with E-state index in [0.29, 0.717) is 0 Å². The predicted octanol–water partition coefficient (Wildman–Crippen LogP) is 7.57. The third kappa shape index (κ3) is 3.47. The van der Waals surface area contributed by atoms with Crippen LogP contribution in [0.2, 0.25) is 0 Å². The molecule has 116 valence electrons. The summed E-state index contributed by atoms with van der Waals surface area (Å²) in [5, 5.41) is 1.69. The van der Waals surface area contributed by atoms with Crippen LogP contribution in [0, 0.1) is 0 Å². The molecule has 3 aromatic rings. The number of rotatable bonds is 4. The van der Waals surface area contributed by atoms with Gasteiger partial charge in [0.05, 0.1) is 0 Å². The third-order valence-corrected chi connectivity index (χ3v) is 5.96. The molecule has 0 nitrogen and oxygen atoms in total. The second kappa shape index (κ2) is 7.78. The minimum Gasteiger partial charge on any atom is -0.0876 e. The molecule has 3 heteroatoms. The molecular formula is C20H15Br3. The van der Waals surface area contributed by atoms with Crippen molar-refractivity contribution in [2.75, 3.05) is 0 Å². The second-order valence-electron chi connectivity index (χ2n) is 5.25. The normalized spacial score (nSPS) is 10.7. The van der Waals surface area contributed by atoms with Gasteiger partial charge in [0.25, 0.3) is 0 Å². The maximum atomic E-state index is 3.85. The van der Waals surface area contributed by atoms with E-state index in [1.54, 1.807) is 0 Å². The second-order valence-corrected chi connectivity index (χ2v) is 7.16. The molecule has 23 heavy (non-hydrogen) atoms. The molecule has 0 saturated carbocycles. The van der Waals surface area contributed by atoms with Crippen LogP contribution in [0.15, 0.2) is 71.2 Å². The van der Waals surface area contributed by atoms with Crippen molar-refractivity contribution in [3.8, 4) is 22.3 Å². The van der Waals surface area contributed by atoms with E-state index in [0.717, 1.165) is 15.1 Å². The van der Waals surface area contributed by atoms with Gasteiger partial charge in [0.2, 0.25) is 0 Å². The molecule has 0 fully saturated rings. The van der Waals surface area contributed by atoms with Crippen LogP contribution in [0.3, 0.4) is 0 Å². The number of halogens is 3. The molecule has 3 aromatic carbocycles. The van der Waals surface area contributed by atoms with E-state index < -0.39 is 0 Å². The van der Waals surface area contributed by atoms with Gasteiger partial charge in [-0.25, -0.2) is 0 Å². The molecule has 0 aromatic heterocycles. The van der Waals surface area contributed by atoms with Crippen molar-refractivity contribution in [2.45, 2.75) is 10.7 Å². The van der Waals surface area contributed by atoms with E-state index in [2.05, 4.69) is 115 Å². The first-order valence-corrected chi connectivity index (χ1v) is 10.4. The van der Waals surface area contributed by atoms with Gasteiger partial charge in [0, 0.05) is 15.1 Å². The number of hydrogen-bond donors (Lipinski definition) is 0. The molecule has 0 spiro atoms. The summed E-state index contributed by atoms with van der Waals surface area (Å²) < 4.78 is 1.14. The molecule has 0 amide bonds. The molecule has 0 aliphatic heterocycles. The van der Waals surface area contributed by atoms with Crippen LogP contribution in [0.4, 0.5) is 0 Å². The zero-order valence-corrected chi connectivity index (χ0v) is 17.2. The van der Waals surface area contributed by atoms with Gasteiger partial charge in [-0.2, -0.15) is 0 Å².